The van der Waals surface area contributed by atoms with Crippen LogP contribution < -0.4 is 0 Å². The summed E-state index contributed by atoms with van der Waals surface area (Å²) >= 11 is 0. The highest BCUT2D eigenvalue weighted by Gasteiger charge is 2.62. The van der Waals surface area contributed by atoms with Crippen molar-refractivity contribution in [3.05, 3.63) is 0 Å². The lowest BCUT2D eigenvalue weighted by atomic mass is 9.81. The number of hydrogen-bond acceptors (Lipinski definition) is 3. The Labute approximate surface area is 79.3 Å². The third-order valence-electron chi connectivity index (χ3n) is 4.47. The van der Waals surface area contributed by atoms with Crippen molar-refractivity contribution in [2.75, 3.05) is 0 Å². The van der Waals surface area contributed by atoms with Crippen LogP contribution in [0.4, 0.5) is 0 Å². The van der Waals surface area contributed by atoms with Gasteiger partial charge in [-0.25, -0.2) is 8.42 Å². The molecule has 0 aromatic carbocycles. The predicted molar refractivity (Wildman–Crippen MR) is 48.2 cm³/mol. The van der Waals surface area contributed by atoms with E-state index in [1.54, 1.807) is 0 Å². The van der Waals surface area contributed by atoms with Crippen LogP contribution in [-0.4, -0.2) is 17.7 Å². The molecule has 0 aromatic heterocycles. The van der Waals surface area contributed by atoms with Gasteiger partial charge in [0, 0.05) is 0 Å². The van der Waals surface area contributed by atoms with Crippen LogP contribution in [0.25, 0.3) is 0 Å². The van der Waals surface area contributed by atoms with E-state index in [-0.39, 0.29) is 5.41 Å². The van der Waals surface area contributed by atoms with Crippen LogP contribution in [0.3, 0.4) is 0 Å². The molecule has 2 aliphatic carbocycles. The van der Waals surface area contributed by atoms with Crippen molar-refractivity contribution in [1.82, 2.24) is 0 Å². The zero-order valence-corrected chi connectivity index (χ0v) is 8.86. The molecular weight excluding hydrogens is 188 g/mol. The lowest BCUT2D eigenvalue weighted by Crippen LogP contribution is -2.44. The van der Waals surface area contributed by atoms with Gasteiger partial charge in [0.25, 0.3) is 0 Å². The quantitative estimate of drug-likeness (QED) is 0.607. The van der Waals surface area contributed by atoms with Crippen molar-refractivity contribution in [3.63, 3.8) is 0 Å². The van der Waals surface area contributed by atoms with Crippen molar-refractivity contribution < 1.29 is 13.0 Å². The minimum Gasteiger partial charge on any atom is -0.748 e. The van der Waals surface area contributed by atoms with Gasteiger partial charge in [-0.05, 0) is 37.0 Å². The van der Waals surface area contributed by atoms with Crippen LogP contribution in [0.5, 0.6) is 0 Å². The van der Waals surface area contributed by atoms with E-state index in [0.29, 0.717) is 18.8 Å². The molecule has 0 aromatic rings. The molecule has 0 saturated heterocycles. The molecule has 0 N–H and O–H groups in total. The molecule has 2 bridgehead atoms. The largest absolute Gasteiger partial charge is 0.748 e. The molecule has 0 unspecified atom stereocenters. The van der Waals surface area contributed by atoms with E-state index in [1.165, 1.54) is 0 Å². The summed E-state index contributed by atoms with van der Waals surface area (Å²) in [6.45, 7) is 3.88. The van der Waals surface area contributed by atoms with Gasteiger partial charge in [-0.2, -0.15) is 0 Å². The monoisotopic (exact) mass is 203 g/mol. The third kappa shape index (κ3) is 0.907. The molecule has 76 valence electrons. The highest BCUT2D eigenvalue weighted by Crippen LogP contribution is 2.63. The SMILES string of the molecule is CC1(C)C2CCC1(S(=O)(=O)[O-])CC2. The second-order valence-corrected chi connectivity index (χ2v) is 6.63. The number of fused-ring (bicyclic) bond motifs is 2. The molecule has 3 nitrogen and oxygen atoms in total. The Morgan fingerprint density at radius 3 is 1.85 bits per heavy atom. The fraction of sp³-hybridized carbons (Fsp3) is 1.00. The zero-order chi connectivity index (χ0) is 9.91. The van der Waals surface area contributed by atoms with E-state index >= 15 is 0 Å². The molecule has 2 saturated carbocycles. The Kier molecular flexibility index (Phi) is 1.66. The third-order valence-corrected chi connectivity index (χ3v) is 6.36. The standard InChI is InChI=1S/C9H16O3S/c1-8(2)7-3-5-9(8,6-4-7)13(10,11)12/h7H,3-6H2,1-2H3,(H,10,11,12)/p-1. The molecule has 2 rings (SSSR count). The maximum absolute atomic E-state index is 11.3. The summed E-state index contributed by atoms with van der Waals surface area (Å²) in [4.78, 5) is 0. The molecule has 0 spiro atoms. The average Bonchev–Trinajstić information content (AvgIpc) is 2.38. The first-order valence-electron chi connectivity index (χ1n) is 4.77. The van der Waals surface area contributed by atoms with Gasteiger partial charge in [-0.1, -0.05) is 13.8 Å². The fourth-order valence-corrected chi connectivity index (χ4v) is 4.94. The lowest BCUT2D eigenvalue weighted by Gasteiger charge is -2.39. The summed E-state index contributed by atoms with van der Waals surface area (Å²) in [5.41, 5.74) is -0.298. The maximum atomic E-state index is 11.3. The molecule has 0 heterocycles. The predicted octanol–water partition coefficient (Wildman–Crippen LogP) is 1.50. The summed E-state index contributed by atoms with van der Waals surface area (Å²) < 4.78 is 32.9. The molecular formula is C9H15O3S-. The smallest absolute Gasteiger partial charge is 0.101 e. The van der Waals surface area contributed by atoms with Crippen LogP contribution in [0.2, 0.25) is 0 Å². The van der Waals surface area contributed by atoms with Crippen molar-refractivity contribution in [3.8, 4) is 0 Å². The first-order chi connectivity index (χ1) is 5.81. The van der Waals surface area contributed by atoms with E-state index < -0.39 is 14.9 Å². The normalized spacial score (nSPS) is 42.5. The van der Waals surface area contributed by atoms with Crippen LogP contribution in [-0.2, 0) is 10.1 Å². The Balaban J connectivity index is 2.55. The van der Waals surface area contributed by atoms with Gasteiger partial charge in [-0.15, -0.1) is 0 Å². The first-order valence-corrected chi connectivity index (χ1v) is 6.17. The number of rotatable bonds is 1. The second-order valence-electron chi connectivity index (χ2n) is 4.94. The van der Waals surface area contributed by atoms with E-state index in [2.05, 4.69) is 0 Å². The molecule has 0 radical (unpaired) electrons. The average molecular weight is 203 g/mol. The minimum atomic E-state index is -4.13. The molecule has 4 heteroatoms. The first kappa shape index (κ1) is 9.46. The van der Waals surface area contributed by atoms with E-state index in [0.717, 1.165) is 12.8 Å². The van der Waals surface area contributed by atoms with Crippen molar-refractivity contribution in [2.24, 2.45) is 11.3 Å². The van der Waals surface area contributed by atoms with Gasteiger partial charge in [0.05, 0.1) is 4.75 Å². The summed E-state index contributed by atoms with van der Waals surface area (Å²) in [6.07, 6.45) is 2.98. The van der Waals surface area contributed by atoms with Gasteiger partial charge in [0.15, 0.2) is 0 Å². The van der Waals surface area contributed by atoms with Gasteiger partial charge < -0.3 is 4.55 Å². The summed E-state index contributed by atoms with van der Waals surface area (Å²) in [6, 6.07) is 0. The molecule has 2 aliphatic rings. The maximum Gasteiger partial charge on any atom is 0.101 e. The van der Waals surface area contributed by atoms with E-state index in [1.807, 2.05) is 13.8 Å². The molecule has 2 fully saturated rings. The molecule has 0 amide bonds. The highest BCUT2D eigenvalue weighted by molar-refractivity contribution is 7.87. The topological polar surface area (TPSA) is 57.2 Å². The van der Waals surface area contributed by atoms with Crippen LogP contribution in [0.1, 0.15) is 39.5 Å². The van der Waals surface area contributed by atoms with Crippen molar-refractivity contribution in [1.29, 1.82) is 0 Å². The molecule has 0 atom stereocenters. The van der Waals surface area contributed by atoms with E-state index in [9.17, 15) is 13.0 Å². The minimum absolute atomic E-state index is 0.298. The van der Waals surface area contributed by atoms with Gasteiger partial charge in [0.2, 0.25) is 0 Å². The van der Waals surface area contributed by atoms with Crippen LogP contribution >= 0.6 is 0 Å². The lowest BCUT2D eigenvalue weighted by molar-refractivity contribution is 0.259. The Bertz CT molecular complexity index is 321. The van der Waals surface area contributed by atoms with Crippen LogP contribution in [0.15, 0.2) is 0 Å². The summed E-state index contributed by atoms with van der Waals surface area (Å²) in [7, 11) is -4.13. The second kappa shape index (κ2) is 2.28. The zero-order valence-electron chi connectivity index (χ0n) is 8.04. The molecule has 13 heavy (non-hydrogen) atoms. The summed E-state index contributed by atoms with van der Waals surface area (Å²) in [5.74, 6) is 0.441. The summed E-state index contributed by atoms with van der Waals surface area (Å²) in [5, 5.41) is 0. The van der Waals surface area contributed by atoms with Gasteiger partial charge >= 0.3 is 0 Å². The van der Waals surface area contributed by atoms with Gasteiger partial charge in [-0.3, -0.25) is 0 Å². The van der Waals surface area contributed by atoms with Crippen molar-refractivity contribution in [2.45, 2.75) is 44.3 Å². The fourth-order valence-electron chi connectivity index (χ4n) is 3.39. The molecule has 0 aliphatic heterocycles. The van der Waals surface area contributed by atoms with Crippen molar-refractivity contribution >= 4 is 10.1 Å². The van der Waals surface area contributed by atoms with Crippen LogP contribution in [0, 0.1) is 11.3 Å². The van der Waals surface area contributed by atoms with Gasteiger partial charge in [0.1, 0.15) is 10.1 Å². The Morgan fingerprint density at radius 2 is 1.69 bits per heavy atom. The van der Waals surface area contributed by atoms with E-state index in [4.69, 9.17) is 0 Å². The number of hydrogen-bond donors (Lipinski definition) is 0. The highest BCUT2D eigenvalue weighted by atomic mass is 32.2. The Hall–Kier alpha value is -0.0900. The Morgan fingerprint density at radius 1 is 1.23 bits per heavy atom.